The third-order valence-electron chi connectivity index (χ3n) is 5.89. The van der Waals surface area contributed by atoms with Gasteiger partial charge in [0.05, 0.1) is 6.10 Å². The van der Waals surface area contributed by atoms with Crippen LogP contribution in [-0.2, 0) is 17.7 Å². The molecule has 0 radical (unpaired) electrons. The average molecular weight is 693 g/mol. The summed E-state index contributed by atoms with van der Waals surface area (Å²) in [5.74, 6) is 0. The van der Waals surface area contributed by atoms with E-state index >= 15 is 0 Å². The van der Waals surface area contributed by atoms with Crippen molar-refractivity contribution in [2.45, 2.75) is 182 Å². The van der Waals surface area contributed by atoms with Gasteiger partial charge in [-0.15, -0.1) is 0 Å². The topological polar surface area (TPSA) is 95.1 Å². The molecule has 0 saturated heterocycles. The Morgan fingerprint density at radius 3 is 1.28 bits per heavy atom. The van der Waals surface area contributed by atoms with Gasteiger partial charge in [0.25, 0.3) is 0 Å². The van der Waals surface area contributed by atoms with Gasteiger partial charge in [0.15, 0.2) is 25.0 Å². The normalized spacial score (nSPS) is 11.4. The van der Waals surface area contributed by atoms with E-state index in [1.165, 1.54) is 0 Å². The van der Waals surface area contributed by atoms with Crippen LogP contribution in [0.1, 0.15) is 107 Å². The zero-order valence-electron chi connectivity index (χ0n) is 27.1. The molecule has 0 spiro atoms. The zero-order valence-corrected chi connectivity index (χ0v) is 31.1. The third kappa shape index (κ3) is 32.5. The molecule has 0 fully saturated rings. The van der Waals surface area contributed by atoms with Gasteiger partial charge >= 0.3 is 12.2 Å². The first-order chi connectivity index (χ1) is 16.2. The van der Waals surface area contributed by atoms with Crippen LogP contribution in [0.5, 0.6) is 0 Å². The number of nitrogens with one attached hydrogen (secondary N) is 2. The summed E-state index contributed by atoms with van der Waals surface area (Å²) < 4.78 is 23.1. The number of hydrogen-bond acceptors (Lipinski definition) is 6. The van der Waals surface area contributed by atoms with Crippen LogP contribution in [0.15, 0.2) is 0 Å². The highest BCUT2D eigenvalue weighted by Crippen LogP contribution is 2.26. The fraction of sp³-hybridized carbons (Fsp3) is 0.935. The Morgan fingerprint density at radius 1 is 0.628 bits per heavy atom. The smallest absolute Gasteiger partial charge is 0.407 e. The third-order valence-corrected chi connectivity index (χ3v) is 21.9. The van der Waals surface area contributed by atoms with Crippen molar-refractivity contribution in [3.8, 4) is 0 Å². The molecule has 0 saturated carbocycles. The summed E-state index contributed by atoms with van der Waals surface area (Å²) in [5.41, 5.74) is 0.866. The summed E-state index contributed by atoms with van der Waals surface area (Å²) in [6, 6.07) is 0. The quantitative estimate of drug-likeness (QED) is 0.209. The molecule has 0 aromatic carbocycles. The van der Waals surface area contributed by atoms with Gasteiger partial charge in [-0.05, 0) is 98.1 Å². The van der Waals surface area contributed by atoms with Crippen LogP contribution in [0.3, 0.4) is 0 Å². The number of rotatable bonds is 11. The number of carbonyl (C=O) groups is 2. The van der Waals surface area contributed by atoms with Crippen molar-refractivity contribution in [3.63, 3.8) is 0 Å². The maximum absolute atomic E-state index is 11.6. The van der Waals surface area contributed by atoms with E-state index in [4.69, 9.17) is 17.7 Å². The number of amides is 2. The Morgan fingerprint density at radius 2 is 0.977 bits per heavy atom. The minimum atomic E-state index is -1.96. The fourth-order valence-electron chi connectivity index (χ4n) is 2.85. The number of ether oxygens (including phenoxy) is 2. The molecule has 0 aromatic heterocycles. The van der Waals surface area contributed by atoms with Crippen LogP contribution < -0.4 is 10.6 Å². The second-order valence-electron chi connectivity index (χ2n) is 14.0. The first kappa shape index (κ1) is 61.4. The molecule has 0 aliphatic rings. The van der Waals surface area contributed by atoms with Gasteiger partial charge in [-0.1, -0.05) is 72.3 Å². The van der Waals surface area contributed by atoms with Crippen molar-refractivity contribution in [2.75, 3.05) is 12.4 Å². The van der Waals surface area contributed by atoms with Gasteiger partial charge in [0.2, 0.25) is 8.32 Å². The molecule has 2 N–H and O–H groups in total. The van der Waals surface area contributed by atoms with Crippen molar-refractivity contribution in [3.05, 3.63) is 0 Å². The van der Waals surface area contributed by atoms with Crippen molar-refractivity contribution < 1.29 is 27.3 Å². The van der Waals surface area contributed by atoms with E-state index in [0.717, 1.165) is 0 Å². The van der Waals surface area contributed by atoms with Gasteiger partial charge in [-0.3, -0.25) is 0 Å². The molecule has 43 heavy (non-hydrogen) atoms. The largest absolute Gasteiger partial charge is 0.454 e. The lowest BCUT2D eigenvalue weighted by Gasteiger charge is -2.36. The Balaban J connectivity index is -0.0000000834. The Kier molecular flexibility index (Phi) is 35.0. The van der Waals surface area contributed by atoms with E-state index in [1.807, 2.05) is 34.6 Å². The Hall–Kier alpha value is -0.672. The van der Waals surface area contributed by atoms with Crippen molar-refractivity contribution >= 4 is 45.5 Å². The SMILES string of the molecule is C.C.C.C.C.C.CC(C)OC(=O)NC[Si](C)(C)O[Si](C)(C)C(C)C.CC(C)[Si](C)(C)O[Si](C)(C)COC(=O)NC(C)(C)C. The predicted molar refractivity (Wildman–Crippen MR) is 207 cm³/mol. The van der Waals surface area contributed by atoms with Gasteiger partial charge in [-0.25, -0.2) is 9.59 Å². The van der Waals surface area contributed by atoms with Crippen LogP contribution in [0.25, 0.3) is 0 Å². The molecule has 270 valence electrons. The molecule has 0 aliphatic heterocycles. The van der Waals surface area contributed by atoms with Gasteiger partial charge in [0, 0.05) is 11.7 Å². The standard InChI is InChI=1S/C13H31NO3Si2.C12H29NO3Si2.6CH4/c1-11(2)19(8,9)17-18(6,7)10-16-12(15)14-13(3,4)5;1-10(2)15-12(14)13-9-17(5,6)16-18(7,8)11(3)4;;;;;;/h11H,10H2,1-9H3,(H,14,15);10-11H,9H2,1-8H3,(H,13,14);6*1H4. The first-order valence-electron chi connectivity index (χ1n) is 13.5. The highest BCUT2D eigenvalue weighted by Gasteiger charge is 2.37. The van der Waals surface area contributed by atoms with Crippen molar-refractivity contribution in [2.24, 2.45) is 0 Å². The Bertz CT molecular complexity index is 709. The van der Waals surface area contributed by atoms with E-state index in [0.29, 0.717) is 23.5 Å². The molecule has 0 aliphatic carbocycles. The summed E-state index contributed by atoms with van der Waals surface area (Å²) >= 11 is 0. The second-order valence-corrected chi connectivity index (χ2v) is 32.0. The molecule has 2 amide bonds. The molecule has 0 bridgehead atoms. The van der Waals surface area contributed by atoms with Gasteiger partial charge in [-0.2, -0.15) is 0 Å². The lowest BCUT2D eigenvalue weighted by molar-refractivity contribution is 0.116. The summed E-state index contributed by atoms with van der Waals surface area (Å²) in [4.78, 5) is 23.1. The van der Waals surface area contributed by atoms with E-state index in [2.05, 4.69) is 90.7 Å². The molecule has 0 heterocycles. The Labute approximate surface area is 277 Å². The molecular formula is C31H84N2O6Si4. The maximum Gasteiger partial charge on any atom is 0.407 e. The molecule has 0 unspecified atom stereocenters. The van der Waals surface area contributed by atoms with Crippen LogP contribution in [0.2, 0.25) is 63.5 Å². The second kappa shape index (κ2) is 24.5. The first-order valence-corrected chi connectivity index (χ1v) is 25.7. The van der Waals surface area contributed by atoms with Gasteiger partial charge in [0.1, 0.15) is 6.23 Å². The lowest BCUT2D eigenvalue weighted by Crippen LogP contribution is -2.53. The molecule has 12 heteroatoms. The summed E-state index contributed by atoms with van der Waals surface area (Å²) in [6.45, 7) is 35.7. The van der Waals surface area contributed by atoms with E-state index < -0.39 is 33.3 Å². The van der Waals surface area contributed by atoms with Crippen molar-refractivity contribution in [1.82, 2.24) is 10.6 Å². The number of alkyl carbamates (subject to hydrolysis) is 2. The van der Waals surface area contributed by atoms with Crippen LogP contribution in [0, 0.1) is 0 Å². The van der Waals surface area contributed by atoms with Crippen LogP contribution >= 0.6 is 0 Å². The molecule has 0 aromatic rings. The van der Waals surface area contributed by atoms with E-state index in [1.54, 1.807) is 0 Å². The molecular weight excluding hydrogens is 609 g/mol. The highest BCUT2D eigenvalue weighted by molar-refractivity contribution is 6.86. The van der Waals surface area contributed by atoms with Crippen molar-refractivity contribution in [1.29, 1.82) is 0 Å². The minimum Gasteiger partial charge on any atom is -0.454 e. The van der Waals surface area contributed by atoms with Crippen LogP contribution in [0.4, 0.5) is 9.59 Å². The molecule has 0 rings (SSSR count). The fourth-order valence-corrected chi connectivity index (χ4v) is 17.7. The molecule has 0 atom stereocenters. The summed E-state index contributed by atoms with van der Waals surface area (Å²) in [7, 11) is -7.16. The number of carbonyl (C=O) groups excluding carboxylic acids is 2. The predicted octanol–water partition coefficient (Wildman–Crippen LogP) is 11.2. The molecule has 8 nitrogen and oxygen atoms in total. The van der Waals surface area contributed by atoms with Gasteiger partial charge < -0.3 is 28.3 Å². The average Bonchev–Trinajstić information content (AvgIpc) is 2.62. The summed E-state index contributed by atoms with van der Waals surface area (Å²) in [5, 5.41) is 5.61. The minimum absolute atomic E-state index is 0. The lowest BCUT2D eigenvalue weighted by atomic mass is 10.1. The van der Waals surface area contributed by atoms with E-state index in [-0.39, 0.29) is 68.4 Å². The monoisotopic (exact) mass is 693 g/mol. The highest BCUT2D eigenvalue weighted by atomic mass is 28.4. The summed E-state index contributed by atoms with van der Waals surface area (Å²) in [6.07, 6.45) is 0.204. The van der Waals surface area contributed by atoms with E-state index in [9.17, 15) is 9.59 Å². The number of hydrogen-bond donors (Lipinski definition) is 2. The maximum atomic E-state index is 11.6. The zero-order chi connectivity index (χ0) is 30.0. The van der Waals surface area contributed by atoms with Crippen LogP contribution in [-0.4, -0.2) is 69.5 Å².